The summed E-state index contributed by atoms with van der Waals surface area (Å²) in [6, 6.07) is 14.5. The minimum absolute atomic E-state index is 0.0629. The normalized spacial score (nSPS) is 11.6. The van der Waals surface area contributed by atoms with Crippen molar-refractivity contribution in [2.45, 2.75) is 24.8 Å². The van der Waals surface area contributed by atoms with Crippen molar-refractivity contribution in [2.24, 2.45) is 5.14 Å². The van der Waals surface area contributed by atoms with Crippen LogP contribution in [0, 0.1) is 6.92 Å². The molecule has 1 amide bonds. The summed E-state index contributed by atoms with van der Waals surface area (Å²) in [6.45, 7) is 3.03. The maximum Gasteiger partial charge on any atom is 0.251 e. The van der Waals surface area contributed by atoms with Crippen molar-refractivity contribution in [3.8, 4) is 0 Å². The fourth-order valence-corrected chi connectivity index (χ4v) is 3.44. The molecule has 3 aromatic rings. The lowest BCUT2D eigenvalue weighted by Crippen LogP contribution is -2.26. The van der Waals surface area contributed by atoms with E-state index in [2.05, 4.69) is 28.1 Å². The average molecular weight is 371 g/mol. The maximum atomic E-state index is 12.4. The number of benzene rings is 2. The predicted molar refractivity (Wildman–Crippen MR) is 101 cm³/mol. The molecule has 3 N–H and O–H groups in total. The average Bonchev–Trinajstić information content (AvgIpc) is 3.01. The lowest BCUT2D eigenvalue weighted by molar-refractivity contribution is 0.0952. The number of aromatic nitrogens is 1. The number of carbonyl (C=O) groups excluding carboxylic acids is 1. The van der Waals surface area contributed by atoms with Gasteiger partial charge in [-0.3, -0.25) is 4.79 Å². The van der Waals surface area contributed by atoms with Crippen LogP contribution in [-0.2, 0) is 16.6 Å². The molecular weight excluding hydrogens is 350 g/mol. The van der Waals surface area contributed by atoms with Gasteiger partial charge in [0.15, 0.2) is 0 Å². The molecule has 2 aromatic carbocycles. The smallest absolute Gasteiger partial charge is 0.251 e. The number of nitrogens with zero attached hydrogens (tertiary/aromatic N) is 1. The Morgan fingerprint density at radius 2 is 1.92 bits per heavy atom. The van der Waals surface area contributed by atoms with Gasteiger partial charge in [-0.1, -0.05) is 24.3 Å². The van der Waals surface area contributed by atoms with Crippen LogP contribution in [-0.4, -0.2) is 25.4 Å². The molecule has 136 valence electrons. The van der Waals surface area contributed by atoms with Crippen LogP contribution in [0.5, 0.6) is 0 Å². The molecule has 0 unspecified atom stereocenters. The first-order chi connectivity index (χ1) is 12.4. The lowest BCUT2D eigenvalue weighted by Gasteiger charge is -2.10. The second-order valence-corrected chi connectivity index (χ2v) is 7.76. The number of carbonyl (C=O) groups is 1. The van der Waals surface area contributed by atoms with Crippen molar-refractivity contribution < 1.29 is 13.2 Å². The molecule has 0 fully saturated rings. The molecule has 0 radical (unpaired) electrons. The number of hydrogen-bond donors (Lipinski definition) is 2. The van der Waals surface area contributed by atoms with Crippen molar-refractivity contribution in [3.05, 3.63) is 65.9 Å². The molecule has 6 nitrogen and oxygen atoms in total. The largest absolute Gasteiger partial charge is 0.352 e. The van der Waals surface area contributed by atoms with Gasteiger partial charge >= 0.3 is 0 Å². The molecule has 0 aliphatic carbocycles. The van der Waals surface area contributed by atoms with E-state index in [1.807, 2.05) is 18.3 Å². The second kappa shape index (κ2) is 7.31. The Bertz CT molecular complexity index is 1050. The Labute approximate surface area is 152 Å². The molecule has 0 saturated heterocycles. The van der Waals surface area contributed by atoms with E-state index >= 15 is 0 Å². The van der Waals surface area contributed by atoms with Crippen LogP contribution in [0.25, 0.3) is 10.9 Å². The Balaban J connectivity index is 1.61. The number of para-hydroxylation sites is 1. The number of rotatable bonds is 6. The molecule has 26 heavy (non-hydrogen) atoms. The molecule has 3 rings (SSSR count). The van der Waals surface area contributed by atoms with Gasteiger partial charge in [-0.05, 0) is 48.6 Å². The van der Waals surface area contributed by atoms with E-state index in [0.717, 1.165) is 18.5 Å². The highest BCUT2D eigenvalue weighted by Crippen LogP contribution is 2.16. The number of primary sulfonamides is 1. The van der Waals surface area contributed by atoms with Gasteiger partial charge < -0.3 is 9.88 Å². The van der Waals surface area contributed by atoms with Crippen LogP contribution >= 0.6 is 0 Å². The number of fused-ring (bicyclic) bond motifs is 1. The first kappa shape index (κ1) is 18.2. The Morgan fingerprint density at radius 1 is 1.15 bits per heavy atom. The Kier molecular flexibility index (Phi) is 5.11. The summed E-state index contributed by atoms with van der Waals surface area (Å²) < 4.78 is 25.1. The SMILES string of the molecule is Cc1ccc(S(N)(=O)=O)cc1C(=O)NCCCn1ccc2ccccc21. The number of amides is 1. The summed E-state index contributed by atoms with van der Waals surface area (Å²) in [5.41, 5.74) is 2.18. The maximum absolute atomic E-state index is 12.4. The summed E-state index contributed by atoms with van der Waals surface area (Å²) in [7, 11) is -3.83. The summed E-state index contributed by atoms with van der Waals surface area (Å²) in [6.07, 6.45) is 2.80. The van der Waals surface area contributed by atoms with Crippen LogP contribution in [0.4, 0.5) is 0 Å². The summed E-state index contributed by atoms with van der Waals surface area (Å²) in [5, 5.41) is 9.16. The van der Waals surface area contributed by atoms with E-state index in [1.54, 1.807) is 13.0 Å². The topological polar surface area (TPSA) is 94.2 Å². The third kappa shape index (κ3) is 3.95. The molecule has 0 bridgehead atoms. The Morgan fingerprint density at radius 3 is 2.69 bits per heavy atom. The van der Waals surface area contributed by atoms with Crippen molar-refractivity contribution in [3.63, 3.8) is 0 Å². The molecule has 0 atom stereocenters. The highest BCUT2D eigenvalue weighted by atomic mass is 32.2. The first-order valence-electron chi connectivity index (χ1n) is 8.32. The molecule has 7 heteroatoms. The molecule has 1 aromatic heterocycles. The third-order valence-corrected chi connectivity index (χ3v) is 5.23. The van der Waals surface area contributed by atoms with Gasteiger partial charge in [-0.25, -0.2) is 13.6 Å². The summed E-state index contributed by atoms with van der Waals surface area (Å²) in [4.78, 5) is 12.3. The Hall–Kier alpha value is -2.64. The minimum Gasteiger partial charge on any atom is -0.352 e. The fourth-order valence-electron chi connectivity index (χ4n) is 2.90. The number of hydrogen-bond acceptors (Lipinski definition) is 3. The number of nitrogens with two attached hydrogens (primary N) is 1. The van der Waals surface area contributed by atoms with E-state index in [1.165, 1.54) is 17.5 Å². The van der Waals surface area contributed by atoms with Gasteiger partial charge in [0.25, 0.3) is 5.91 Å². The predicted octanol–water partition coefficient (Wildman–Crippen LogP) is 2.42. The minimum atomic E-state index is -3.83. The number of sulfonamides is 1. The van der Waals surface area contributed by atoms with Gasteiger partial charge in [0.05, 0.1) is 4.90 Å². The number of nitrogens with one attached hydrogen (secondary N) is 1. The molecule has 0 spiro atoms. The molecule has 0 saturated carbocycles. The van der Waals surface area contributed by atoms with E-state index in [9.17, 15) is 13.2 Å². The fraction of sp³-hybridized carbons (Fsp3) is 0.211. The number of aryl methyl sites for hydroxylation is 2. The molecular formula is C19H21N3O3S. The quantitative estimate of drug-likeness (QED) is 0.652. The van der Waals surface area contributed by atoms with Gasteiger partial charge in [-0.2, -0.15) is 0 Å². The van der Waals surface area contributed by atoms with Crippen LogP contribution < -0.4 is 10.5 Å². The molecule has 0 aliphatic heterocycles. The summed E-state index contributed by atoms with van der Waals surface area (Å²) in [5.74, 6) is -0.301. The van der Waals surface area contributed by atoms with Crippen LogP contribution in [0.15, 0.2) is 59.6 Å². The van der Waals surface area contributed by atoms with Gasteiger partial charge in [0.2, 0.25) is 10.0 Å². The zero-order valence-corrected chi connectivity index (χ0v) is 15.3. The van der Waals surface area contributed by atoms with Gasteiger partial charge in [-0.15, -0.1) is 0 Å². The molecule has 1 heterocycles. The van der Waals surface area contributed by atoms with Crippen LogP contribution in [0.3, 0.4) is 0 Å². The van der Waals surface area contributed by atoms with Crippen LogP contribution in [0.2, 0.25) is 0 Å². The highest BCUT2D eigenvalue weighted by molar-refractivity contribution is 7.89. The zero-order valence-electron chi connectivity index (χ0n) is 14.5. The van der Waals surface area contributed by atoms with Crippen molar-refractivity contribution in [1.29, 1.82) is 0 Å². The summed E-state index contributed by atoms with van der Waals surface area (Å²) >= 11 is 0. The van der Waals surface area contributed by atoms with Crippen molar-refractivity contribution in [1.82, 2.24) is 9.88 Å². The third-order valence-electron chi connectivity index (χ3n) is 4.32. The van der Waals surface area contributed by atoms with Crippen molar-refractivity contribution >= 4 is 26.8 Å². The van der Waals surface area contributed by atoms with E-state index in [4.69, 9.17) is 5.14 Å². The van der Waals surface area contributed by atoms with Gasteiger partial charge in [0.1, 0.15) is 0 Å². The standard InChI is InChI=1S/C19H21N3O3S/c1-14-7-8-16(26(20,24)25)13-17(14)19(23)21-10-4-11-22-12-9-15-5-2-3-6-18(15)22/h2-3,5-9,12-13H,4,10-11H2,1H3,(H,21,23)(H2,20,24,25). The van der Waals surface area contributed by atoms with E-state index in [-0.39, 0.29) is 10.8 Å². The lowest BCUT2D eigenvalue weighted by atomic mass is 10.1. The molecule has 0 aliphatic rings. The first-order valence-corrected chi connectivity index (χ1v) is 9.86. The monoisotopic (exact) mass is 371 g/mol. The highest BCUT2D eigenvalue weighted by Gasteiger charge is 2.14. The van der Waals surface area contributed by atoms with Gasteiger partial charge in [0, 0.05) is 30.4 Å². The van der Waals surface area contributed by atoms with Crippen molar-refractivity contribution in [2.75, 3.05) is 6.54 Å². The van der Waals surface area contributed by atoms with E-state index in [0.29, 0.717) is 17.7 Å². The van der Waals surface area contributed by atoms with E-state index < -0.39 is 10.0 Å². The van der Waals surface area contributed by atoms with Crippen LogP contribution in [0.1, 0.15) is 22.3 Å². The zero-order chi connectivity index (χ0) is 18.7. The second-order valence-electron chi connectivity index (χ2n) is 6.20.